The highest BCUT2D eigenvalue weighted by Crippen LogP contribution is 2.13. The minimum absolute atomic E-state index is 0.248. The largest absolute Gasteiger partial charge is 0.300 e. The average Bonchev–Trinajstić information content (AvgIpc) is 2.27. The van der Waals surface area contributed by atoms with Gasteiger partial charge in [0, 0.05) is 6.42 Å². The van der Waals surface area contributed by atoms with E-state index in [0.717, 1.165) is 6.04 Å². The van der Waals surface area contributed by atoms with Crippen molar-refractivity contribution in [3.63, 3.8) is 0 Å². The van der Waals surface area contributed by atoms with Crippen LogP contribution in [0, 0.1) is 0 Å². The molecule has 0 saturated carbocycles. The Morgan fingerprint density at radius 2 is 1.76 bits per heavy atom. The second kappa shape index (κ2) is 5.96. The Labute approximate surface area is 106 Å². The minimum atomic E-state index is -1.38. The molecule has 0 spiro atoms. The van der Waals surface area contributed by atoms with Crippen LogP contribution in [0.1, 0.15) is 20.3 Å². The summed E-state index contributed by atoms with van der Waals surface area (Å²) in [5.74, 6) is 0.248. The van der Waals surface area contributed by atoms with Crippen LogP contribution in [0.4, 0.5) is 0 Å². The molecular weight excluding hydrogens is 224 g/mol. The van der Waals surface area contributed by atoms with Gasteiger partial charge in [0.05, 0.1) is 8.07 Å². The molecule has 17 heavy (non-hydrogen) atoms. The van der Waals surface area contributed by atoms with E-state index in [1.807, 2.05) is 0 Å². The molecule has 0 fully saturated rings. The van der Waals surface area contributed by atoms with Gasteiger partial charge < -0.3 is 0 Å². The van der Waals surface area contributed by atoms with E-state index >= 15 is 0 Å². The Balaban J connectivity index is 2.71. The van der Waals surface area contributed by atoms with Gasteiger partial charge in [-0.3, -0.25) is 4.79 Å². The molecule has 1 aromatic rings. The summed E-state index contributed by atoms with van der Waals surface area (Å²) in [6, 6.07) is 11.8. The summed E-state index contributed by atoms with van der Waals surface area (Å²) in [7, 11) is -1.38. The van der Waals surface area contributed by atoms with E-state index in [1.165, 1.54) is 10.8 Å². The van der Waals surface area contributed by atoms with Crippen molar-refractivity contribution in [1.82, 2.24) is 0 Å². The highest BCUT2D eigenvalue weighted by molar-refractivity contribution is 6.90. The summed E-state index contributed by atoms with van der Waals surface area (Å²) < 4.78 is 0. The van der Waals surface area contributed by atoms with E-state index < -0.39 is 8.07 Å². The van der Waals surface area contributed by atoms with Gasteiger partial charge in [0.2, 0.25) is 0 Å². The van der Waals surface area contributed by atoms with E-state index in [2.05, 4.69) is 56.4 Å². The van der Waals surface area contributed by atoms with Crippen molar-refractivity contribution in [1.29, 1.82) is 0 Å². The van der Waals surface area contributed by atoms with Crippen LogP contribution in [0.15, 0.2) is 42.0 Å². The monoisotopic (exact) mass is 246 g/mol. The molecule has 0 saturated heterocycles. The maximum Gasteiger partial charge on any atom is 0.133 e. The number of rotatable bonds is 5. The highest BCUT2D eigenvalue weighted by Gasteiger charge is 2.21. The Hall–Kier alpha value is -1.15. The molecule has 0 heterocycles. The van der Waals surface area contributed by atoms with Crippen molar-refractivity contribution in [2.75, 3.05) is 0 Å². The van der Waals surface area contributed by atoms with Crippen LogP contribution in [0.2, 0.25) is 19.1 Å². The smallest absolute Gasteiger partial charge is 0.133 e. The lowest BCUT2D eigenvalue weighted by molar-refractivity contribution is -0.116. The molecule has 1 aromatic carbocycles. The topological polar surface area (TPSA) is 17.1 Å². The first kappa shape index (κ1) is 13.9. The number of hydrogen-bond donors (Lipinski definition) is 0. The van der Waals surface area contributed by atoms with Gasteiger partial charge in [0.15, 0.2) is 0 Å². The summed E-state index contributed by atoms with van der Waals surface area (Å²) in [6.45, 7) is 8.45. The second-order valence-corrected chi connectivity index (χ2v) is 10.1. The summed E-state index contributed by atoms with van der Waals surface area (Å²) in [5.41, 5.74) is 1.20. The van der Waals surface area contributed by atoms with Crippen LogP contribution < -0.4 is 5.19 Å². The molecular formula is C15H22OSi. The predicted molar refractivity (Wildman–Crippen MR) is 77.4 cm³/mol. The van der Waals surface area contributed by atoms with Crippen LogP contribution in [0.5, 0.6) is 0 Å². The van der Waals surface area contributed by atoms with Crippen molar-refractivity contribution in [3.05, 3.63) is 42.0 Å². The van der Waals surface area contributed by atoms with Gasteiger partial charge in [-0.05, 0) is 19.9 Å². The maximum absolute atomic E-state index is 11.0. The predicted octanol–water partition coefficient (Wildman–Crippen LogP) is 3.53. The quantitative estimate of drug-likeness (QED) is 0.574. The Morgan fingerprint density at radius 1 is 1.18 bits per heavy atom. The minimum Gasteiger partial charge on any atom is -0.300 e. The van der Waals surface area contributed by atoms with Crippen molar-refractivity contribution >= 4 is 19.0 Å². The van der Waals surface area contributed by atoms with Crippen LogP contribution in [-0.4, -0.2) is 13.9 Å². The lowest BCUT2D eigenvalue weighted by Gasteiger charge is -2.21. The standard InChI is InChI=1S/C15H22OSi/c1-13(12-14(2)16)10-11-17(3,4)15-8-6-5-7-9-15/h5-10H,11-12H2,1-4H3/b13-10-. The lowest BCUT2D eigenvalue weighted by Crippen LogP contribution is -2.40. The van der Waals surface area contributed by atoms with E-state index in [-0.39, 0.29) is 5.78 Å². The molecule has 1 nitrogen and oxygen atoms in total. The fraction of sp³-hybridized carbons (Fsp3) is 0.400. The molecule has 0 aliphatic carbocycles. The third-order valence-corrected chi connectivity index (χ3v) is 6.16. The number of hydrogen-bond acceptors (Lipinski definition) is 1. The fourth-order valence-electron chi connectivity index (χ4n) is 1.90. The number of benzene rings is 1. The van der Waals surface area contributed by atoms with Crippen LogP contribution in [0.3, 0.4) is 0 Å². The molecule has 0 amide bonds. The Kier molecular flexibility index (Phi) is 4.88. The fourth-order valence-corrected chi connectivity index (χ4v) is 4.09. The Morgan fingerprint density at radius 3 is 2.29 bits per heavy atom. The van der Waals surface area contributed by atoms with Gasteiger partial charge >= 0.3 is 0 Å². The molecule has 0 radical (unpaired) electrons. The van der Waals surface area contributed by atoms with Gasteiger partial charge in [-0.1, -0.05) is 60.3 Å². The van der Waals surface area contributed by atoms with Crippen LogP contribution in [0.25, 0.3) is 0 Å². The third-order valence-electron chi connectivity index (χ3n) is 3.04. The molecule has 0 unspecified atom stereocenters. The van der Waals surface area contributed by atoms with Gasteiger partial charge in [0.25, 0.3) is 0 Å². The molecule has 2 heteroatoms. The zero-order chi connectivity index (χ0) is 12.9. The first-order chi connectivity index (χ1) is 7.92. The second-order valence-electron chi connectivity index (χ2n) is 5.38. The molecule has 0 aliphatic heterocycles. The molecule has 92 valence electrons. The third kappa shape index (κ3) is 4.69. The van der Waals surface area contributed by atoms with Gasteiger partial charge in [-0.2, -0.15) is 0 Å². The summed E-state index contributed by atoms with van der Waals surface area (Å²) in [5, 5.41) is 1.48. The van der Waals surface area contributed by atoms with Crippen molar-refractivity contribution in [3.8, 4) is 0 Å². The summed E-state index contributed by atoms with van der Waals surface area (Å²) in [4.78, 5) is 11.0. The summed E-state index contributed by atoms with van der Waals surface area (Å²) in [6.07, 6.45) is 2.85. The lowest BCUT2D eigenvalue weighted by atomic mass is 10.1. The summed E-state index contributed by atoms with van der Waals surface area (Å²) >= 11 is 0. The van der Waals surface area contributed by atoms with E-state index in [0.29, 0.717) is 6.42 Å². The maximum atomic E-state index is 11.0. The zero-order valence-electron chi connectivity index (χ0n) is 11.3. The number of Topliss-reactive ketones (excluding diaryl/α,β-unsaturated/α-hetero) is 1. The van der Waals surface area contributed by atoms with Gasteiger partial charge in [0.1, 0.15) is 5.78 Å². The van der Waals surface area contributed by atoms with E-state index in [4.69, 9.17) is 0 Å². The van der Waals surface area contributed by atoms with Crippen molar-refractivity contribution in [2.24, 2.45) is 0 Å². The molecule has 0 atom stereocenters. The molecule has 0 aliphatic rings. The number of ketones is 1. The van der Waals surface area contributed by atoms with Crippen LogP contribution >= 0.6 is 0 Å². The molecule has 0 aromatic heterocycles. The average molecular weight is 246 g/mol. The number of allylic oxidation sites excluding steroid dienone is 2. The Bertz CT molecular complexity index is 404. The van der Waals surface area contributed by atoms with E-state index in [1.54, 1.807) is 6.92 Å². The van der Waals surface area contributed by atoms with Gasteiger partial charge in [-0.25, -0.2) is 0 Å². The number of carbonyl (C=O) groups excluding carboxylic acids is 1. The molecule has 0 bridgehead atoms. The van der Waals surface area contributed by atoms with Crippen LogP contribution in [-0.2, 0) is 4.79 Å². The number of carbonyl (C=O) groups is 1. The zero-order valence-corrected chi connectivity index (χ0v) is 12.3. The SMILES string of the molecule is CC(=O)C/C(C)=C\C[Si](C)(C)c1ccccc1. The van der Waals surface area contributed by atoms with Gasteiger partial charge in [-0.15, -0.1) is 0 Å². The molecule has 0 N–H and O–H groups in total. The molecule has 1 rings (SSSR count). The first-order valence-corrected chi connectivity index (χ1v) is 9.33. The van der Waals surface area contributed by atoms with Crippen molar-refractivity contribution < 1.29 is 4.79 Å². The first-order valence-electron chi connectivity index (χ1n) is 6.12. The van der Waals surface area contributed by atoms with E-state index in [9.17, 15) is 4.79 Å². The van der Waals surface area contributed by atoms with Crippen molar-refractivity contribution in [2.45, 2.75) is 39.4 Å². The highest BCUT2D eigenvalue weighted by atomic mass is 28.3. The normalized spacial score (nSPS) is 12.6.